The van der Waals surface area contributed by atoms with Gasteiger partial charge in [-0.2, -0.15) is 0 Å². The molecule has 2 aliphatic heterocycles. The number of hydrogen-bond donors (Lipinski definition) is 4. The molecule has 11 nitrogen and oxygen atoms in total. The van der Waals surface area contributed by atoms with Gasteiger partial charge in [0.15, 0.2) is 0 Å². The highest BCUT2D eigenvalue weighted by atomic mass is 32.2. The first-order valence-electron chi connectivity index (χ1n) is 18.3. The molecule has 272 valence electrons. The lowest BCUT2D eigenvalue weighted by atomic mass is 9.95. The Kier molecular flexibility index (Phi) is 15.7. The zero-order valence-electron chi connectivity index (χ0n) is 29.1. The van der Waals surface area contributed by atoms with Crippen LogP contribution in [0.2, 0.25) is 0 Å². The molecule has 2 aromatic rings. The van der Waals surface area contributed by atoms with Crippen LogP contribution in [-0.2, 0) is 27.1 Å². The normalized spacial score (nSPS) is 20.0. The van der Waals surface area contributed by atoms with Crippen molar-refractivity contribution in [2.45, 2.75) is 93.6 Å². The van der Waals surface area contributed by atoms with Crippen molar-refractivity contribution in [2.24, 2.45) is 4.99 Å². The standard InChI is InChI=1S/C38H54N6O5S/c45-36(35(18-19-44-20-22-48-23-21-44)43-37(46)41-31-14-8-3-9-15-31)40-32(24-29-10-4-1-5-11-29)16-17-33(25-30-12-6-2-7-13-30)42-38(47)49-27-34-26-39-28-50-34/h1-2,4-7,10-13,28,31-35H,3,8-9,14-27H2,(H,40,45)(H,42,47)(H2,41,43,46)/t32-,33-,34?,35+/m1/s1. The number of morpholine rings is 1. The topological polar surface area (TPSA) is 133 Å². The summed E-state index contributed by atoms with van der Waals surface area (Å²) in [5.41, 5.74) is 4.02. The molecule has 1 saturated carbocycles. The molecule has 4 N–H and O–H groups in total. The lowest BCUT2D eigenvalue weighted by molar-refractivity contribution is -0.124. The van der Waals surface area contributed by atoms with Gasteiger partial charge in [0.1, 0.15) is 12.6 Å². The van der Waals surface area contributed by atoms with E-state index in [1.54, 1.807) is 17.3 Å². The van der Waals surface area contributed by atoms with E-state index >= 15 is 0 Å². The first-order chi connectivity index (χ1) is 24.5. The van der Waals surface area contributed by atoms with Gasteiger partial charge in [-0.1, -0.05) is 79.9 Å². The smallest absolute Gasteiger partial charge is 0.407 e. The fraction of sp³-hybridized carbons (Fsp3) is 0.579. The molecule has 4 atom stereocenters. The molecule has 1 unspecified atom stereocenters. The van der Waals surface area contributed by atoms with E-state index < -0.39 is 12.1 Å². The molecule has 1 aliphatic carbocycles. The van der Waals surface area contributed by atoms with E-state index in [0.717, 1.165) is 49.9 Å². The fourth-order valence-electron chi connectivity index (χ4n) is 6.79. The van der Waals surface area contributed by atoms with Gasteiger partial charge in [-0.25, -0.2) is 9.59 Å². The molecule has 2 fully saturated rings. The number of urea groups is 1. The Labute approximate surface area is 301 Å². The molecule has 4 amide bonds. The fourth-order valence-corrected chi connectivity index (χ4v) is 7.45. The third kappa shape index (κ3) is 13.6. The highest BCUT2D eigenvalue weighted by Crippen LogP contribution is 2.18. The molecule has 1 saturated heterocycles. The monoisotopic (exact) mass is 706 g/mol. The first-order valence-corrected chi connectivity index (χ1v) is 19.3. The number of carbonyl (C=O) groups excluding carboxylic acids is 3. The van der Waals surface area contributed by atoms with Crippen molar-refractivity contribution in [3.63, 3.8) is 0 Å². The molecular weight excluding hydrogens is 653 g/mol. The number of nitrogens with zero attached hydrogens (tertiary/aromatic N) is 2. The number of ether oxygens (including phenoxy) is 2. The van der Waals surface area contributed by atoms with Crippen molar-refractivity contribution < 1.29 is 23.9 Å². The van der Waals surface area contributed by atoms with Crippen LogP contribution in [0, 0.1) is 0 Å². The molecule has 5 rings (SSSR count). The highest BCUT2D eigenvalue weighted by Gasteiger charge is 2.27. The second kappa shape index (κ2) is 20.9. The second-order valence-corrected chi connectivity index (χ2v) is 14.7. The summed E-state index contributed by atoms with van der Waals surface area (Å²) in [7, 11) is 0. The molecule has 0 spiro atoms. The van der Waals surface area contributed by atoms with Crippen LogP contribution < -0.4 is 21.3 Å². The van der Waals surface area contributed by atoms with Gasteiger partial charge in [0.2, 0.25) is 5.91 Å². The predicted molar refractivity (Wildman–Crippen MR) is 199 cm³/mol. The number of aliphatic imine (C=N–C) groups is 1. The van der Waals surface area contributed by atoms with Crippen LogP contribution in [0.4, 0.5) is 9.59 Å². The Bertz CT molecular complexity index is 1330. The predicted octanol–water partition coefficient (Wildman–Crippen LogP) is 4.70. The van der Waals surface area contributed by atoms with Crippen molar-refractivity contribution in [3.8, 4) is 0 Å². The molecule has 50 heavy (non-hydrogen) atoms. The number of alkyl carbamates (subject to hydrolysis) is 1. The number of nitrogens with one attached hydrogen (secondary N) is 4. The minimum atomic E-state index is -0.689. The van der Waals surface area contributed by atoms with Crippen molar-refractivity contribution in [2.75, 3.05) is 46.0 Å². The maximum absolute atomic E-state index is 14.1. The van der Waals surface area contributed by atoms with Gasteiger partial charge < -0.3 is 30.7 Å². The lowest BCUT2D eigenvalue weighted by Gasteiger charge is -2.30. The first kappa shape index (κ1) is 37.6. The summed E-state index contributed by atoms with van der Waals surface area (Å²) in [6.07, 6.45) is 7.91. The van der Waals surface area contributed by atoms with E-state index in [4.69, 9.17) is 9.47 Å². The Balaban J connectivity index is 1.25. The summed E-state index contributed by atoms with van der Waals surface area (Å²) in [6.45, 7) is 4.60. The molecule has 12 heteroatoms. The average molecular weight is 707 g/mol. The van der Waals surface area contributed by atoms with Crippen LogP contribution in [-0.4, -0.2) is 104 Å². The number of benzene rings is 2. The van der Waals surface area contributed by atoms with Gasteiger partial charge in [0, 0.05) is 37.8 Å². The number of amides is 4. The SMILES string of the molecule is O=C(NC1CCCCC1)N[C@@H](CCN1CCOCC1)C(=O)N[C@H](CC[C@H](Cc1ccccc1)NC(=O)OCC1CN=CS1)Cc1ccccc1. The molecule has 0 aromatic heterocycles. The molecule has 0 bridgehead atoms. The summed E-state index contributed by atoms with van der Waals surface area (Å²) >= 11 is 1.58. The largest absolute Gasteiger partial charge is 0.448 e. The van der Waals surface area contributed by atoms with Crippen molar-refractivity contribution in [3.05, 3.63) is 71.8 Å². The Hall–Kier alpha value is -3.61. The van der Waals surface area contributed by atoms with Crippen molar-refractivity contribution in [1.29, 1.82) is 0 Å². The Morgan fingerprint density at radius 1 is 0.840 bits per heavy atom. The summed E-state index contributed by atoms with van der Waals surface area (Å²) < 4.78 is 11.1. The number of hydrogen-bond acceptors (Lipinski definition) is 8. The summed E-state index contributed by atoms with van der Waals surface area (Å²) in [5, 5.41) is 12.7. The van der Waals surface area contributed by atoms with Gasteiger partial charge in [-0.05, 0) is 56.1 Å². The van der Waals surface area contributed by atoms with Crippen LogP contribution in [0.3, 0.4) is 0 Å². The second-order valence-electron chi connectivity index (χ2n) is 13.6. The van der Waals surface area contributed by atoms with Crippen LogP contribution in [0.1, 0.15) is 62.5 Å². The van der Waals surface area contributed by atoms with Gasteiger partial charge in [-0.15, -0.1) is 11.8 Å². The van der Waals surface area contributed by atoms with Crippen LogP contribution in [0.25, 0.3) is 0 Å². The van der Waals surface area contributed by atoms with Crippen molar-refractivity contribution >= 4 is 35.3 Å². The third-order valence-corrected chi connectivity index (χ3v) is 10.6. The van der Waals surface area contributed by atoms with Crippen molar-refractivity contribution in [1.82, 2.24) is 26.2 Å². The summed E-state index contributed by atoms with van der Waals surface area (Å²) in [5.74, 6) is -0.193. The maximum Gasteiger partial charge on any atom is 0.407 e. The van der Waals surface area contributed by atoms with Gasteiger partial charge in [-0.3, -0.25) is 14.7 Å². The molecule has 0 radical (unpaired) electrons. The minimum Gasteiger partial charge on any atom is -0.448 e. The van der Waals surface area contributed by atoms with E-state index in [9.17, 15) is 14.4 Å². The van der Waals surface area contributed by atoms with E-state index in [1.165, 1.54) is 6.42 Å². The summed E-state index contributed by atoms with van der Waals surface area (Å²) in [6, 6.07) is 18.9. The minimum absolute atomic E-state index is 0.142. The number of rotatable bonds is 17. The molecule has 3 aliphatic rings. The van der Waals surface area contributed by atoms with Crippen LogP contribution >= 0.6 is 11.8 Å². The molecule has 2 heterocycles. The molecule has 2 aromatic carbocycles. The number of carbonyl (C=O) groups is 3. The zero-order chi connectivity index (χ0) is 34.8. The van der Waals surface area contributed by atoms with E-state index in [0.29, 0.717) is 65.0 Å². The molecular formula is C38H54N6O5S. The number of thioether (sulfide) groups is 1. The van der Waals surface area contributed by atoms with E-state index in [1.807, 2.05) is 36.4 Å². The van der Waals surface area contributed by atoms with Gasteiger partial charge in [0.05, 0.1) is 30.6 Å². The van der Waals surface area contributed by atoms with Crippen LogP contribution in [0.15, 0.2) is 65.7 Å². The average Bonchev–Trinajstić information content (AvgIpc) is 3.67. The highest BCUT2D eigenvalue weighted by molar-refractivity contribution is 8.12. The van der Waals surface area contributed by atoms with E-state index in [-0.39, 0.29) is 35.3 Å². The van der Waals surface area contributed by atoms with Gasteiger partial charge >= 0.3 is 12.1 Å². The van der Waals surface area contributed by atoms with E-state index in [2.05, 4.69) is 55.4 Å². The maximum atomic E-state index is 14.1. The Morgan fingerprint density at radius 3 is 2.10 bits per heavy atom. The Morgan fingerprint density at radius 2 is 1.48 bits per heavy atom. The van der Waals surface area contributed by atoms with Gasteiger partial charge in [0.25, 0.3) is 0 Å². The zero-order valence-corrected chi connectivity index (χ0v) is 29.9. The summed E-state index contributed by atoms with van der Waals surface area (Å²) in [4.78, 5) is 46.7. The quantitative estimate of drug-likeness (QED) is 0.188. The third-order valence-electron chi connectivity index (χ3n) is 9.62. The lowest BCUT2D eigenvalue weighted by Crippen LogP contribution is -2.55. The van der Waals surface area contributed by atoms with Crippen LogP contribution in [0.5, 0.6) is 0 Å².